The van der Waals surface area contributed by atoms with E-state index in [0.717, 1.165) is 42.7 Å². The van der Waals surface area contributed by atoms with E-state index in [1.807, 2.05) is 12.3 Å². The Morgan fingerprint density at radius 1 is 1.19 bits per heavy atom. The van der Waals surface area contributed by atoms with Crippen molar-refractivity contribution < 1.29 is 14.7 Å². The minimum atomic E-state index is -0.250. The van der Waals surface area contributed by atoms with Crippen molar-refractivity contribution >= 4 is 39.4 Å². The SMILES string of the molecule is CC(C)(C)N1CC2(CC(C=O)C2)C1.CCc1ccc2nc(N(C)Cc3cccnc3)sc2c1.O=CO. The number of rotatable bonds is 5. The van der Waals surface area contributed by atoms with Crippen LogP contribution in [0.3, 0.4) is 0 Å². The van der Waals surface area contributed by atoms with Gasteiger partial charge in [-0.25, -0.2) is 4.98 Å². The molecule has 0 unspecified atom stereocenters. The van der Waals surface area contributed by atoms with E-state index in [2.05, 4.69) is 73.8 Å². The summed E-state index contributed by atoms with van der Waals surface area (Å²) in [5, 5.41) is 7.94. The molecule has 1 aromatic carbocycles. The summed E-state index contributed by atoms with van der Waals surface area (Å²) >= 11 is 1.75. The molecule has 2 aromatic heterocycles. The van der Waals surface area contributed by atoms with Gasteiger partial charge in [-0.05, 0) is 74.8 Å². The van der Waals surface area contributed by atoms with Crippen LogP contribution in [-0.4, -0.2) is 58.4 Å². The summed E-state index contributed by atoms with van der Waals surface area (Å²) in [7, 11) is 2.07. The summed E-state index contributed by atoms with van der Waals surface area (Å²) in [6.45, 7) is 12.0. The Balaban J connectivity index is 0.000000194. The standard InChI is InChI=1S/C16H17N3S.C11H19NO.CH2O2/c1-3-12-6-7-14-15(9-12)20-16(18-14)19(2)11-13-5-4-8-17-10-13;1-10(2,3)12-7-11(8-12)4-9(5-11)6-13;2-1-3/h4-10H,3,11H2,1-2H3;6,9H,4-5,7-8H2,1-3H3;1H,(H,2,3). The van der Waals surface area contributed by atoms with Crippen molar-refractivity contribution in [2.75, 3.05) is 25.0 Å². The van der Waals surface area contributed by atoms with E-state index in [1.165, 1.54) is 28.9 Å². The van der Waals surface area contributed by atoms with Crippen LogP contribution < -0.4 is 4.90 Å². The maximum atomic E-state index is 10.5. The second-order valence-corrected chi connectivity index (χ2v) is 11.8. The first kappa shape index (κ1) is 27.7. The third kappa shape index (κ3) is 6.89. The maximum absolute atomic E-state index is 10.5. The van der Waals surface area contributed by atoms with E-state index in [-0.39, 0.29) is 6.47 Å². The Bertz CT molecular complexity index is 1130. The number of aryl methyl sites for hydroxylation is 1. The molecule has 1 aliphatic carbocycles. The highest BCUT2D eigenvalue weighted by Crippen LogP contribution is 2.52. The van der Waals surface area contributed by atoms with Crippen molar-refractivity contribution in [2.24, 2.45) is 11.3 Å². The zero-order valence-electron chi connectivity index (χ0n) is 22.0. The van der Waals surface area contributed by atoms with Crippen LogP contribution in [0.25, 0.3) is 10.2 Å². The van der Waals surface area contributed by atoms with Gasteiger partial charge in [-0.3, -0.25) is 14.7 Å². The Hall–Kier alpha value is -2.84. The molecule has 1 saturated heterocycles. The van der Waals surface area contributed by atoms with Gasteiger partial charge in [-0.2, -0.15) is 0 Å². The molecule has 7 nitrogen and oxygen atoms in total. The van der Waals surface area contributed by atoms with Crippen molar-refractivity contribution in [3.63, 3.8) is 0 Å². The van der Waals surface area contributed by atoms with Gasteiger partial charge in [0.2, 0.25) is 0 Å². The number of nitrogens with zero attached hydrogens (tertiary/aromatic N) is 4. The molecule has 1 N–H and O–H groups in total. The zero-order chi connectivity index (χ0) is 26.3. The van der Waals surface area contributed by atoms with E-state index >= 15 is 0 Å². The molecule has 0 radical (unpaired) electrons. The normalized spacial score (nSPS) is 16.6. The largest absolute Gasteiger partial charge is 0.483 e. The number of pyridine rings is 1. The Kier molecular flexibility index (Phi) is 9.19. The van der Waals surface area contributed by atoms with Gasteiger partial charge in [0.15, 0.2) is 5.13 Å². The van der Waals surface area contributed by atoms with Crippen LogP contribution in [0.4, 0.5) is 5.13 Å². The van der Waals surface area contributed by atoms with E-state index in [9.17, 15) is 4.79 Å². The molecule has 0 bridgehead atoms. The van der Waals surface area contributed by atoms with Gasteiger partial charge in [0, 0.05) is 50.5 Å². The molecule has 3 heterocycles. The number of aldehydes is 1. The number of fused-ring (bicyclic) bond motifs is 1. The predicted octanol–water partition coefficient (Wildman–Crippen LogP) is 5.29. The molecule has 8 heteroatoms. The molecule has 1 spiro atoms. The minimum Gasteiger partial charge on any atom is -0.483 e. The number of carbonyl (C=O) groups excluding carboxylic acids is 1. The summed E-state index contributed by atoms with van der Waals surface area (Å²) in [6, 6.07) is 10.6. The van der Waals surface area contributed by atoms with Crippen LogP contribution >= 0.6 is 11.3 Å². The maximum Gasteiger partial charge on any atom is 0.290 e. The van der Waals surface area contributed by atoms with Gasteiger partial charge in [-0.15, -0.1) is 0 Å². The van der Waals surface area contributed by atoms with Gasteiger partial charge >= 0.3 is 0 Å². The van der Waals surface area contributed by atoms with E-state index < -0.39 is 0 Å². The molecule has 0 atom stereocenters. The second-order valence-electron chi connectivity index (χ2n) is 10.8. The quantitative estimate of drug-likeness (QED) is 0.467. The number of carbonyl (C=O) groups is 2. The lowest BCUT2D eigenvalue weighted by atomic mass is 9.57. The number of benzene rings is 1. The van der Waals surface area contributed by atoms with Crippen LogP contribution in [0.2, 0.25) is 0 Å². The molecule has 36 heavy (non-hydrogen) atoms. The third-order valence-electron chi connectivity index (χ3n) is 6.90. The molecule has 1 saturated carbocycles. The zero-order valence-corrected chi connectivity index (χ0v) is 22.8. The first-order valence-corrected chi connectivity index (χ1v) is 13.2. The molecule has 2 aliphatic rings. The monoisotopic (exact) mass is 510 g/mol. The van der Waals surface area contributed by atoms with Gasteiger partial charge in [0.05, 0.1) is 10.2 Å². The number of anilines is 1. The Morgan fingerprint density at radius 2 is 1.89 bits per heavy atom. The third-order valence-corrected chi connectivity index (χ3v) is 8.04. The van der Waals surface area contributed by atoms with Crippen molar-refractivity contribution in [3.05, 3.63) is 53.9 Å². The van der Waals surface area contributed by atoms with Crippen LogP contribution in [-0.2, 0) is 22.6 Å². The summed E-state index contributed by atoms with van der Waals surface area (Å²) < 4.78 is 1.26. The van der Waals surface area contributed by atoms with E-state index in [0.29, 0.717) is 16.9 Å². The molecule has 5 rings (SSSR count). The average Bonchev–Trinajstić information content (AvgIpc) is 3.22. The number of carboxylic acid groups (broad SMARTS) is 1. The first-order chi connectivity index (χ1) is 17.1. The summed E-state index contributed by atoms with van der Waals surface area (Å²) in [4.78, 5) is 32.4. The number of thiazole rings is 1. The molecule has 1 aliphatic heterocycles. The molecule has 0 amide bonds. The minimum absolute atomic E-state index is 0.250. The van der Waals surface area contributed by atoms with E-state index in [1.54, 1.807) is 17.5 Å². The molecule has 2 fully saturated rings. The Labute approximate surface area is 218 Å². The van der Waals surface area contributed by atoms with Crippen molar-refractivity contribution in [1.29, 1.82) is 0 Å². The second kappa shape index (κ2) is 11.9. The smallest absolute Gasteiger partial charge is 0.290 e. The molecule has 3 aromatic rings. The van der Waals surface area contributed by atoms with Gasteiger partial charge in [-0.1, -0.05) is 30.4 Å². The summed E-state index contributed by atoms with van der Waals surface area (Å²) in [5.41, 5.74) is 4.50. The topological polar surface area (TPSA) is 86.6 Å². The average molecular weight is 511 g/mol. The fraction of sp³-hybridized carbons (Fsp3) is 0.500. The van der Waals surface area contributed by atoms with Crippen LogP contribution in [0.5, 0.6) is 0 Å². The fourth-order valence-corrected chi connectivity index (χ4v) is 5.81. The van der Waals surface area contributed by atoms with Gasteiger partial charge in [0.25, 0.3) is 6.47 Å². The highest BCUT2D eigenvalue weighted by molar-refractivity contribution is 7.22. The highest BCUT2D eigenvalue weighted by atomic mass is 32.1. The van der Waals surface area contributed by atoms with Crippen molar-refractivity contribution in [1.82, 2.24) is 14.9 Å². The predicted molar refractivity (Wildman–Crippen MR) is 147 cm³/mol. The van der Waals surface area contributed by atoms with Crippen molar-refractivity contribution in [3.8, 4) is 0 Å². The van der Waals surface area contributed by atoms with E-state index in [4.69, 9.17) is 14.9 Å². The summed E-state index contributed by atoms with van der Waals surface area (Å²) in [5.74, 6) is 0.377. The Morgan fingerprint density at radius 3 is 2.44 bits per heavy atom. The number of hydrogen-bond donors (Lipinski definition) is 1. The van der Waals surface area contributed by atoms with Crippen LogP contribution in [0.15, 0.2) is 42.7 Å². The first-order valence-electron chi connectivity index (χ1n) is 12.4. The highest BCUT2D eigenvalue weighted by Gasteiger charge is 2.54. The fourth-order valence-electron chi connectivity index (χ4n) is 4.82. The number of likely N-dealkylation sites (tertiary alicyclic amines) is 1. The van der Waals surface area contributed by atoms with Crippen LogP contribution in [0, 0.1) is 11.3 Å². The molecular formula is C28H38N4O3S. The lowest BCUT2D eigenvalue weighted by Gasteiger charge is -2.62. The van der Waals surface area contributed by atoms with Crippen molar-refractivity contribution in [2.45, 2.75) is 59.0 Å². The summed E-state index contributed by atoms with van der Waals surface area (Å²) in [6.07, 6.45) is 8.18. The van der Waals surface area contributed by atoms with Gasteiger partial charge in [0.1, 0.15) is 6.29 Å². The molecule has 194 valence electrons. The number of aromatic nitrogens is 2. The van der Waals surface area contributed by atoms with Crippen LogP contribution in [0.1, 0.15) is 51.7 Å². The molecular weight excluding hydrogens is 472 g/mol. The lowest BCUT2D eigenvalue weighted by molar-refractivity contribution is -0.143. The lowest BCUT2D eigenvalue weighted by Crippen LogP contribution is -2.67. The van der Waals surface area contributed by atoms with Gasteiger partial charge < -0.3 is 14.8 Å². The number of hydrogen-bond acceptors (Lipinski definition) is 7.